The third-order valence-electron chi connectivity index (χ3n) is 5.60. The molecule has 0 aliphatic rings. The molecular weight excluding hydrogens is 458 g/mol. The summed E-state index contributed by atoms with van der Waals surface area (Å²) >= 11 is 0. The van der Waals surface area contributed by atoms with E-state index in [-0.39, 0.29) is 31.4 Å². The molecule has 2 aromatic heterocycles. The normalized spacial score (nSPS) is 10.7. The van der Waals surface area contributed by atoms with Gasteiger partial charge in [0.2, 0.25) is 17.7 Å². The third kappa shape index (κ3) is 6.59. The second kappa shape index (κ2) is 11.8. The van der Waals surface area contributed by atoms with Crippen molar-refractivity contribution in [2.24, 2.45) is 0 Å². The van der Waals surface area contributed by atoms with Crippen LogP contribution in [0.4, 0.5) is 5.69 Å². The van der Waals surface area contributed by atoms with Crippen LogP contribution in [0.25, 0.3) is 11.5 Å². The van der Waals surface area contributed by atoms with Gasteiger partial charge in [-0.2, -0.15) is 5.10 Å². The summed E-state index contributed by atoms with van der Waals surface area (Å²) in [6.45, 7) is 4.77. The molecule has 0 unspecified atom stereocenters. The number of carbonyl (C=O) groups excluding carboxylic acids is 2. The predicted octanol–water partition coefficient (Wildman–Crippen LogP) is 4.27. The molecule has 2 heterocycles. The lowest BCUT2D eigenvalue weighted by atomic mass is 10.1. The fourth-order valence-electron chi connectivity index (χ4n) is 3.59. The molecule has 0 saturated heterocycles. The molecule has 0 aliphatic carbocycles. The van der Waals surface area contributed by atoms with E-state index in [0.29, 0.717) is 41.6 Å². The number of aromatic nitrogens is 3. The van der Waals surface area contributed by atoms with Crippen molar-refractivity contribution in [2.45, 2.75) is 39.8 Å². The monoisotopic (exact) mass is 487 g/mol. The van der Waals surface area contributed by atoms with E-state index in [0.717, 1.165) is 11.4 Å². The molecule has 0 saturated carbocycles. The summed E-state index contributed by atoms with van der Waals surface area (Å²) in [5, 5.41) is 9.98. The Balaban J connectivity index is 1.33. The minimum atomic E-state index is -0.179. The summed E-state index contributed by atoms with van der Waals surface area (Å²) < 4.78 is 13.3. The number of carbonyl (C=O) groups is 2. The standard InChI is InChI=1S/C27H29N5O4/c1-19-12-15-29-32(19)16-13-25(33)28-18-24-20(2)36-27(31-24)22-10-6-7-11-23(22)30-26(34)14-17-35-21-8-4-3-5-9-21/h3-12,15H,13-14,16-18H2,1-2H3,(H,28,33)(H,30,34). The summed E-state index contributed by atoms with van der Waals surface area (Å²) in [6.07, 6.45) is 2.23. The van der Waals surface area contributed by atoms with Gasteiger partial charge in [0, 0.05) is 24.9 Å². The van der Waals surface area contributed by atoms with Gasteiger partial charge < -0.3 is 19.8 Å². The SMILES string of the molecule is Cc1oc(-c2ccccc2NC(=O)CCOc2ccccc2)nc1CNC(=O)CCn1nccc1C. The van der Waals surface area contributed by atoms with Crippen LogP contribution in [-0.2, 0) is 22.7 Å². The van der Waals surface area contributed by atoms with Crippen molar-refractivity contribution in [1.29, 1.82) is 0 Å². The lowest BCUT2D eigenvalue weighted by Crippen LogP contribution is -2.24. The lowest BCUT2D eigenvalue weighted by molar-refractivity contribution is -0.121. The zero-order chi connectivity index (χ0) is 25.3. The summed E-state index contributed by atoms with van der Waals surface area (Å²) in [5.74, 6) is 1.42. The van der Waals surface area contributed by atoms with E-state index in [1.165, 1.54) is 0 Å². The molecule has 0 aliphatic heterocycles. The average Bonchev–Trinajstić information content (AvgIpc) is 3.47. The highest BCUT2D eigenvalue weighted by atomic mass is 16.5. The molecule has 4 rings (SSSR count). The van der Waals surface area contributed by atoms with Gasteiger partial charge in [-0.25, -0.2) is 4.98 Å². The highest BCUT2D eigenvalue weighted by Crippen LogP contribution is 2.29. The van der Waals surface area contributed by atoms with Gasteiger partial charge in [-0.3, -0.25) is 14.3 Å². The van der Waals surface area contributed by atoms with E-state index in [4.69, 9.17) is 9.15 Å². The molecule has 36 heavy (non-hydrogen) atoms. The van der Waals surface area contributed by atoms with Crippen molar-refractivity contribution in [3.63, 3.8) is 0 Å². The van der Waals surface area contributed by atoms with Crippen LogP contribution >= 0.6 is 0 Å². The molecule has 0 spiro atoms. The number of oxazole rings is 1. The maximum Gasteiger partial charge on any atom is 0.228 e. The number of anilines is 1. The van der Waals surface area contributed by atoms with Gasteiger partial charge in [0.25, 0.3) is 0 Å². The predicted molar refractivity (Wildman–Crippen MR) is 135 cm³/mol. The summed E-state index contributed by atoms with van der Waals surface area (Å²) in [4.78, 5) is 29.4. The van der Waals surface area contributed by atoms with Crippen molar-refractivity contribution < 1.29 is 18.7 Å². The molecule has 2 amide bonds. The number of ether oxygens (including phenoxy) is 1. The lowest BCUT2D eigenvalue weighted by Gasteiger charge is -2.10. The van der Waals surface area contributed by atoms with Crippen molar-refractivity contribution in [2.75, 3.05) is 11.9 Å². The second-order valence-corrected chi connectivity index (χ2v) is 8.25. The number of nitrogens with zero attached hydrogens (tertiary/aromatic N) is 3. The molecule has 0 atom stereocenters. The number of para-hydroxylation sites is 2. The van der Waals surface area contributed by atoms with Gasteiger partial charge in [0.05, 0.1) is 30.8 Å². The Morgan fingerprint density at radius 1 is 0.972 bits per heavy atom. The molecule has 2 N–H and O–H groups in total. The van der Waals surface area contributed by atoms with E-state index in [1.54, 1.807) is 23.9 Å². The first kappa shape index (κ1) is 24.7. The third-order valence-corrected chi connectivity index (χ3v) is 5.60. The summed E-state index contributed by atoms with van der Waals surface area (Å²) in [7, 11) is 0. The smallest absolute Gasteiger partial charge is 0.228 e. The van der Waals surface area contributed by atoms with Gasteiger partial charge in [0.15, 0.2) is 0 Å². The maximum atomic E-state index is 12.5. The maximum absolute atomic E-state index is 12.5. The molecular formula is C27H29N5O4. The van der Waals surface area contributed by atoms with Crippen LogP contribution in [0, 0.1) is 13.8 Å². The molecule has 0 radical (unpaired) electrons. The molecule has 0 bridgehead atoms. The van der Waals surface area contributed by atoms with E-state index in [9.17, 15) is 9.59 Å². The largest absolute Gasteiger partial charge is 0.493 e. The molecule has 9 nitrogen and oxygen atoms in total. The van der Waals surface area contributed by atoms with Gasteiger partial charge in [-0.1, -0.05) is 30.3 Å². The van der Waals surface area contributed by atoms with Crippen molar-refractivity contribution in [1.82, 2.24) is 20.1 Å². The summed E-state index contributed by atoms with van der Waals surface area (Å²) in [5.41, 5.74) is 2.89. The molecule has 4 aromatic rings. The first-order valence-electron chi connectivity index (χ1n) is 11.8. The number of nitrogens with one attached hydrogen (secondary N) is 2. The first-order valence-corrected chi connectivity index (χ1v) is 11.8. The van der Waals surface area contributed by atoms with Crippen LogP contribution in [0.5, 0.6) is 5.75 Å². The fourth-order valence-corrected chi connectivity index (χ4v) is 3.59. The highest BCUT2D eigenvalue weighted by Gasteiger charge is 2.16. The van der Waals surface area contributed by atoms with Crippen molar-refractivity contribution in [3.05, 3.63) is 84.0 Å². The Bertz CT molecular complexity index is 1310. The Morgan fingerprint density at radius 2 is 1.75 bits per heavy atom. The average molecular weight is 488 g/mol. The number of hydrogen-bond acceptors (Lipinski definition) is 6. The van der Waals surface area contributed by atoms with E-state index in [1.807, 2.05) is 61.5 Å². The van der Waals surface area contributed by atoms with E-state index >= 15 is 0 Å². The minimum Gasteiger partial charge on any atom is -0.493 e. The summed E-state index contributed by atoms with van der Waals surface area (Å²) in [6, 6.07) is 18.6. The molecule has 0 fully saturated rings. The Labute approximate surface area is 209 Å². The van der Waals surface area contributed by atoms with E-state index < -0.39 is 0 Å². The van der Waals surface area contributed by atoms with Crippen LogP contribution in [0.2, 0.25) is 0 Å². The number of amides is 2. The quantitative estimate of drug-likeness (QED) is 0.327. The van der Waals surface area contributed by atoms with Crippen LogP contribution in [0.1, 0.15) is 30.0 Å². The van der Waals surface area contributed by atoms with Crippen LogP contribution < -0.4 is 15.4 Å². The number of benzene rings is 2. The number of aryl methyl sites for hydroxylation is 3. The van der Waals surface area contributed by atoms with Gasteiger partial charge in [0.1, 0.15) is 17.2 Å². The van der Waals surface area contributed by atoms with Gasteiger partial charge in [-0.05, 0) is 44.2 Å². The van der Waals surface area contributed by atoms with E-state index in [2.05, 4.69) is 20.7 Å². The Kier molecular flexibility index (Phi) is 8.12. The fraction of sp³-hybridized carbons (Fsp3) is 0.259. The number of rotatable bonds is 11. The zero-order valence-electron chi connectivity index (χ0n) is 20.4. The molecule has 2 aromatic carbocycles. The van der Waals surface area contributed by atoms with Crippen LogP contribution in [-0.4, -0.2) is 33.2 Å². The van der Waals surface area contributed by atoms with Crippen molar-refractivity contribution >= 4 is 17.5 Å². The topological polar surface area (TPSA) is 111 Å². The van der Waals surface area contributed by atoms with Gasteiger partial charge >= 0.3 is 0 Å². The number of hydrogen-bond donors (Lipinski definition) is 2. The first-order chi connectivity index (χ1) is 17.5. The minimum absolute atomic E-state index is 0.0979. The van der Waals surface area contributed by atoms with Crippen molar-refractivity contribution in [3.8, 4) is 17.2 Å². The molecule has 9 heteroatoms. The van der Waals surface area contributed by atoms with Crippen LogP contribution in [0.3, 0.4) is 0 Å². The van der Waals surface area contributed by atoms with Crippen LogP contribution in [0.15, 0.2) is 71.3 Å². The second-order valence-electron chi connectivity index (χ2n) is 8.25. The Morgan fingerprint density at radius 3 is 2.53 bits per heavy atom. The Hall–Kier alpha value is -4.40. The zero-order valence-corrected chi connectivity index (χ0v) is 20.4. The molecule has 186 valence electrons. The highest BCUT2D eigenvalue weighted by molar-refractivity contribution is 5.94. The van der Waals surface area contributed by atoms with Gasteiger partial charge in [-0.15, -0.1) is 0 Å².